The molecule has 0 amide bonds. The Morgan fingerprint density at radius 2 is 1.71 bits per heavy atom. The molecule has 0 saturated heterocycles. The van der Waals surface area contributed by atoms with Crippen molar-refractivity contribution in [3.63, 3.8) is 0 Å². The summed E-state index contributed by atoms with van der Waals surface area (Å²) in [6, 6.07) is 14.6. The van der Waals surface area contributed by atoms with Gasteiger partial charge in [0, 0.05) is 6.42 Å². The van der Waals surface area contributed by atoms with Gasteiger partial charge in [0.15, 0.2) is 5.78 Å². The largest absolute Gasteiger partial charge is 0.497 e. The summed E-state index contributed by atoms with van der Waals surface area (Å²) in [5.74, 6) is 1.04. The van der Waals surface area contributed by atoms with Crippen LogP contribution in [0.15, 0.2) is 42.5 Å². The second-order valence-corrected chi connectivity index (χ2v) is 5.37. The molecular weight excluding hydrogens is 260 g/mol. The monoisotopic (exact) mass is 274 g/mol. The maximum Gasteiger partial charge on any atom is 0.160 e. The van der Waals surface area contributed by atoms with Crippen LogP contribution in [0.2, 0.25) is 0 Å². The van der Waals surface area contributed by atoms with Gasteiger partial charge < -0.3 is 4.74 Å². The van der Waals surface area contributed by atoms with Crippen molar-refractivity contribution in [1.29, 1.82) is 0 Å². The molecule has 3 aromatic rings. The van der Waals surface area contributed by atoms with Gasteiger partial charge >= 0.3 is 0 Å². The lowest BCUT2D eigenvalue weighted by molar-refractivity contribution is -0.112. The molecule has 0 aliphatic heterocycles. The number of Topliss-reactive ketones (excluding diaryl/α,β-unsaturated/α-hetero) is 1. The molecule has 0 fully saturated rings. The topological polar surface area (TPSA) is 26.3 Å². The van der Waals surface area contributed by atoms with Gasteiger partial charge in [-0.2, -0.15) is 0 Å². The third kappa shape index (κ3) is 1.91. The number of hydrogen-bond acceptors (Lipinski definition) is 2. The van der Waals surface area contributed by atoms with E-state index in [0.29, 0.717) is 6.42 Å². The zero-order valence-electron chi connectivity index (χ0n) is 11.7. The molecule has 0 aromatic heterocycles. The van der Waals surface area contributed by atoms with Crippen molar-refractivity contribution < 1.29 is 9.53 Å². The minimum Gasteiger partial charge on any atom is -0.497 e. The lowest BCUT2D eigenvalue weighted by Gasteiger charge is -2.08. The average molecular weight is 274 g/mol. The van der Waals surface area contributed by atoms with E-state index in [-0.39, 0.29) is 5.78 Å². The van der Waals surface area contributed by atoms with E-state index < -0.39 is 0 Å². The maximum atomic E-state index is 11.5. The van der Waals surface area contributed by atoms with Crippen LogP contribution in [0.3, 0.4) is 0 Å². The van der Waals surface area contributed by atoms with Gasteiger partial charge in [-0.1, -0.05) is 24.3 Å². The molecule has 0 spiro atoms. The molecule has 0 N–H and O–H groups in total. The number of ether oxygens (including phenoxy) is 1. The van der Waals surface area contributed by atoms with Gasteiger partial charge in [0.1, 0.15) is 5.75 Å². The molecule has 0 radical (unpaired) electrons. The summed E-state index contributed by atoms with van der Waals surface area (Å²) in [5, 5.41) is 6.91. The molecule has 1 aliphatic carbocycles. The quantitative estimate of drug-likeness (QED) is 0.637. The van der Waals surface area contributed by atoms with Gasteiger partial charge in [-0.3, -0.25) is 4.79 Å². The molecular formula is C19H14O2. The van der Waals surface area contributed by atoms with E-state index in [1.54, 1.807) is 13.2 Å². The third-order valence-corrected chi connectivity index (χ3v) is 4.09. The SMILES string of the molecule is COc1ccc2c(ccc3cc4c(cc32)=CCC(=O)C=4)c1. The molecule has 0 heterocycles. The number of benzene rings is 3. The number of rotatable bonds is 1. The predicted molar refractivity (Wildman–Crippen MR) is 85.8 cm³/mol. The minimum absolute atomic E-state index is 0.173. The third-order valence-electron chi connectivity index (χ3n) is 4.09. The van der Waals surface area contributed by atoms with Crippen LogP contribution in [0.4, 0.5) is 0 Å². The van der Waals surface area contributed by atoms with Crippen molar-refractivity contribution in [2.45, 2.75) is 6.42 Å². The molecule has 0 saturated carbocycles. The number of hydrogen-bond donors (Lipinski definition) is 0. The average Bonchev–Trinajstić information content (AvgIpc) is 2.52. The summed E-state index contributed by atoms with van der Waals surface area (Å²) in [6.07, 6.45) is 4.25. The fourth-order valence-corrected chi connectivity index (χ4v) is 3.00. The molecule has 2 heteroatoms. The van der Waals surface area contributed by atoms with Crippen LogP contribution in [0.1, 0.15) is 6.42 Å². The van der Waals surface area contributed by atoms with E-state index in [9.17, 15) is 4.79 Å². The highest BCUT2D eigenvalue weighted by Gasteiger charge is 2.06. The summed E-state index contributed by atoms with van der Waals surface area (Å²) in [7, 11) is 1.68. The lowest BCUT2D eigenvalue weighted by atomic mass is 9.98. The highest BCUT2D eigenvalue weighted by atomic mass is 16.5. The van der Waals surface area contributed by atoms with Crippen molar-refractivity contribution in [2.24, 2.45) is 0 Å². The molecule has 21 heavy (non-hydrogen) atoms. The first-order valence-electron chi connectivity index (χ1n) is 7.00. The Kier molecular flexibility index (Phi) is 2.58. The normalized spacial score (nSPS) is 13.7. The summed E-state index contributed by atoms with van der Waals surface area (Å²) in [4.78, 5) is 11.5. The summed E-state index contributed by atoms with van der Waals surface area (Å²) < 4.78 is 5.29. The Labute approximate surface area is 122 Å². The van der Waals surface area contributed by atoms with E-state index in [2.05, 4.69) is 30.3 Å². The Morgan fingerprint density at radius 3 is 2.52 bits per heavy atom. The van der Waals surface area contributed by atoms with Crippen molar-refractivity contribution in [3.8, 4) is 5.75 Å². The molecule has 3 aromatic carbocycles. The van der Waals surface area contributed by atoms with Gasteiger partial charge in [0.2, 0.25) is 0 Å². The smallest absolute Gasteiger partial charge is 0.160 e. The van der Waals surface area contributed by atoms with Gasteiger partial charge in [-0.05, 0) is 62.3 Å². The highest BCUT2D eigenvalue weighted by Crippen LogP contribution is 2.27. The zero-order chi connectivity index (χ0) is 14.4. The molecule has 1 aliphatic rings. The second kappa shape index (κ2) is 4.45. The Hall–Kier alpha value is -2.61. The lowest BCUT2D eigenvalue weighted by Crippen LogP contribution is -2.28. The Balaban J connectivity index is 2.13. The standard InChI is InChI=1S/C19H14O2/c1-21-17-6-7-18-14(10-17)3-2-13-8-15-9-16(20)5-4-12(15)11-19(13)18/h2-4,6-11H,5H2,1H3. The number of carbonyl (C=O) groups excluding carboxylic acids is 1. The van der Waals surface area contributed by atoms with Gasteiger partial charge in [-0.15, -0.1) is 0 Å². The Morgan fingerprint density at radius 1 is 0.905 bits per heavy atom. The summed E-state index contributed by atoms with van der Waals surface area (Å²) in [6.45, 7) is 0. The number of methoxy groups -OCH3 is 1. The van der Waals surface area contributed by atoms with Crippen molar-refractivity contribution >= 4 is 39.5 Å². The minimum atomic E-state index is 0.173. The van der Waals surface area contributed by atoms with Crippen molar-refractivity contribution in [3.05, 3.63) is 52.9 Å². The van der Waals surface area contributed by atoms with Gasteiger partial charge in [0.25, 0.3) is 0 Å². The summed E-state index contributed by atoms with van der Waals surface area (Å²) in [5.41, 5.74) is 0. The van der Waals surface area contributed by atoms with Crippen LogP contribution < -0.4 is 15.2 Å². The van der Waals surface area contributed by atoms with Crippen LogP contribution in [0.5, 0.6) is 5.75 Å². The number of ketones is 1. The molecule has 0 atom stereocenters. The first kappa shape index (κ1) is 12.2. The Bertz CT molecular complexity index is 1010. The molecule has 2 nitrogen and oxygen atoms in total. The molecule has 4 rings (SSSR count). The van der Waals surface area contributed by atoms with Crippen LogP contribution in [0.25, 0.3) is 33.7 Å². The molecule has 0 bridgehead atoms. The fourth-order valence-electron chi connectivity index (χ4n) is 3.00. The number of carbonyl (C=O) groups is 1. The van der Waals surface area contributed by atoms with Gasteiger partial charge in [0.05, 0.1) is 7.11 Å². The van der Waals surface area contributed by atoms with Crippen molar-refractivity contribution in [1.82, 2.24) is 0 Å². The zero-order valence-corrected chi connectivity index (χ0v) is 11.7. The van der Waals surface area contributed by atoms with Crippen LogP contribution >= 0.6 is 0 Å². The number of fused-ring (bicyclic) bond motifs is 4. The molecule has 0 unspecified atom stereocenters. The van der Waals surface area contributed by atoms with Crippen LogP contribution in [-0.2, 0) is 4.79 Å². The van der Waals surface area contributed by atoms with Crippen LogP contribution in [0, 0.1) is 0 Å². The highest BCUT2D eigenvalue weighted by molar-refractivity contribution is 6.11. The van der Waals surface area contributed by atoms with Crippen molar-refractivity contribution in [2.75, 3.05) is 7.11 Å². The predicted octanol–water partition coefficient (Wildman–Crippen LogP) is 2.54. The summed E-state index contributed by atoms with van der Waals surface area (Å²) >= 11 is 0. The first-order chi connectivity index (χ1) is 10.2. The second-order valence-electron chi connectivity index (χ2n) is 5.37. The van der Waals surface area contributed by atoms with E-state index in [1.165, 1.54) is 10.8 Å². The van der Waals surface area contributed by atoms with Crippen LogP contribution in [-0.4, -0.2) is 12.9 Å². The van der Waals surface area contributed by atoms with Gasteiger partial charge in [-0.25, -0.2) is 0 Å². The van der Waals surface area contributed by atoms with E-state index in [0.717, 1.165) is 27.0 Å². The first-order valence-corrected chi connectivity index (χ1v) is 7.00. The maximum absolute atomic E-state index is 11.5. The van der Waals surface area contributed by atoms with E-state index in [4.69, 9.17) is 4.74 Å². The fraction of sp³-hybridized carbons (Fsp3) is 0.105. The van der Waals surface area contributed by atoms with E-state index in [1.807, 2.05) is 18.2 Å². The molecule has 102 valence electrons. The van der Waals surface area contributed by atoms with E-state index >= 15 is 0 Å².